The number of allylic oxidation sites excluding steroid dienone is 3. The number of carbonyl (C=O) groups excluding carboxylic acids is 1. The van der Waals surface area contributed by atoms with Crippen LogP contribution >= 0.6 is 10.7 Å². The highest BCUT2D eigenvalue weighted by molar-refractivity contribution is 8.14. The van der Waals surface area contributed by atoms with Gasteiger partial charge in [-0.15, -0.1) is 0 Å². The molecule has 11 heavy (non-hydrogen) atoms. The molecule has 1 atom stereocenters. The molecule has 0 aromatic carbocycles. The minimum absolute atomic E-state index is 0.498. The zero-order chi connectivity index (χ0) is 8.48. The summed E-state index contributed by atoms with van der Waals surface area (Å²) in [6.45, 7) is 0. The summed E-state index contributed by atoms with van der Waals surface area (Å²) in [5, 5.41) is -1.20. The van der Waals surface area contributed by atoms with Gasteiger partial charge in [0.1, 0.15) is 0 Å². The van der Waals surface area contributed by atoms with Crippen LogP contribution in [0.2, 0.25) is 0 Å². The maximum atomic E-state index is 10.8. The van der Waals surface area contributed by atoms with Gasteiger partial charge in [0.25, 0.3) is 0 Å². The molecule has 0 heterocycles. The Bertz CT molecular complexity index is 326. The largest absolute Gasteiger partial charge is 0.293 e. The van der Waals surface area contributed by atoms with E-state index in [1.54, 1.807) is 0 Å². The summed E-state index contributed by atoms with van der Waals surface area (Å²) in [6.07, 6.45) is 5.39. The molecule has 0 amide bonds. The second-order valence-corrected chi connectivity index (χ2v) is 4.79. The van der Waals surface area contributed by atoms with Gasteiger partial charge in [0, 0.05) is 10.7 Å². The van der Waals surface area contributed by atoms with E-state index in [2.05, 4.69) is 0 Å². The first-order valence-electron chi connectivity index (χ1n) is 2.84. The van der Waals surface area contributed by atoms with E-state index in [-0.39, 0.29) is 0 Å². The maximum absolute atomic E-state index is 10.8. The Morgan fingerprint density at radius 2 is 2.00 bits per heavy atom. The van der Waals surface area contributed by atoms with Crippen molar-refractivity contribution in [3.05, 3.63) is 24.3 Å². The normalized spacial score (nSPS) is 24.1. The highest BCUT2D eigenvalue weighted by Crippen LogP contribution is 2.13. The van der Waals surface area contributed by atoms with Crippen LogP contribution in [0.4, 0.5) is 0 Å². The third kappa shape index (κ3) is 1.91. The van der Waals surface area contributed by atoms with Gasteiger partial charge in [-0.05, 0) is 6.08 Å². The minimum atomic E-state index is -3.79. The lowest BCUT2D eigenvalue weighted by atomic mass is 10.2. The van der Waals surface area contributed by atoms with Crippen molar-refractivity contribution in [2.24, 2.45) is 0 Å². The summed E-state index contributed by atoms with van der Waals surface area (Å²) < 4.78 is 21.3. The van der Waals surface area contributed by atoms with Crippen molar-refractivity contribution in [3.63, 3.8) is 0 Å². The number of ketones is 1. The lowest BCUT2D eigenvalue weighted by Gasteiger charge is -2.06. The summed E-state index contributed by atoms with van der Waals surface area (Å²) in [7, 11) is 1.18. The number of hydrogen-bond donors (Lipinski definition) is 0. The zero-order valence-electron chi connectivity index (χ0n) is 5.40. The Balaban J connectivity index is 3.01. The fourth-order valence-electron chi connectivity index (χ4n) is 0.738. The van der Waals surface area contributed by atoms with Crippen LogP contribution < -0.4 is 0 Å². The molecule has 0 aliphatic heterocycles. The molecule has 0 bridgehead atoms. The highest BCUT2D eigenvalue weighted by Gasteiger charge is 2.27. The molecular formula is C6H5ClO3S. The Labute approximate surface area is 68.8 Å². The van der Waals surface area contributed by atoms with Crippen molar-refractivity contribution in [1.82, 2.24) is 0 Å². The molecule has 0 spiro atoms. The van der Waals surface area contributed by atoms with Gasteiger partial charge in [-0.25, -0.2) is 8.42 Å². The second kappa shape index (κ2) is 2.79. The molecule has 0 fully saturated rings. The van der Waals surface area contributed by atoms with Crippen LogP contribution in [0.5, 0.6) is 0 Å². The lowest BCUT2D eigenvalue weighted by Crippen LogP contribution is -2.24. The first-order valence-corrected chi connectivity index (χ1v) is 5.21. The van der Waals surface area contributed by atoms with Gasteiger partial charge < -0.3 is 0 Å². The van der Waals surface area contributed by atoms with Crippen LogP contribution in [-0.2, 0) is 13.8 Å². The number of rotatable bonds is 1. The number of hydrogen-bond acceptors (Lipinski definition) is 3. The molecule has 0 aromatic heterocycles. The smallest absolute Gasteiger partial charge is 0.246 e. The van der Waals surface area contributed by atoms with E-state index in [0.29, 0.717) is 0 Å². The first kappa shape index (κ1) is 8.49. The van der Waals surface area contributed by atoms with Gasteiger partial charge in [-0.3, -0.25) is 4.79 Å². The van der Waals surface area contributed by atoms with Gasteiger partial charge in [0.15, 0.2) is 11.0 Å². The minimum Gasteiger partial charge on any atom is -0.293 e. The van der Waals surface area contributed by atoms with Crippen LogP contribution in [0.3, 0.4) is 0 Å². The van der Waals surface area contributed by atoms with Crippen LogP contribution in [-0.4, -0.2) is 19.5 Å². The molecular weight excluding hydrogens is 188 g/mol. The van der Waals surface area contributed by atoms with Crippen LogP contribution in [0.1, 0.15) is 0 Å². The van der Waals surface area contributed by atoms with Gasteiger partial charge in [-0.2, -0.15) is 0 Å². The average molecular weight is 193 g/mol. The fourth-order valence-corrected chi connectivity index (χ4v) is 1.81. The van der Waals surface area contributed by atoms with Gasteiger partial charge in [0.05, 0.1) is 0 Å². The third-order valence-electron chi connectivity index (χ3n) is 1.24. The molecule has 60 valence electrons. The van der Waals surface area contributed by atoms with Gasteiger partial charge >= 0.3 is 0 Å². The summed E-state index contributed by atoms with van der Waals surface area (Å²) in [5.41, 5.74) is 0. The van der Waals surface area contributed by atoms with Gasteiger partial charge in [-0.1, -0.05) is 18.2 Å². The fraction of sp³-hybridized carbons (Fsp3) is 0.167. The van der Waals surface area contributed by atoms with Crippen molar-refractivity contribution in [1.29, 1.82) is 0 Å². The van der Waals surface area contributed by atoms with E-state index in [1.165, 1.54) is 24.3 Å². The summed E-state index contributed by atoms with van der Waals surface area (Å²) in [6, 6.07) is 0. The molecule has 1 aliphatic rings. The SMILES string of the molecule is O=C1C=CC=CC1S(=O)(=O)Cl. The van der Waals surface area contributed by atoms with Crippen LogP contribution in [0.25, 0.3) is 0 Å². The van der Waals surface area contributed by atoms with Crippen LogP contribution in [0, 0.1) is 0 Å². The second-order valence-electron chi connectivity index (χ2n) is 2.04. The quantitative estimate of drug-likeness (QED) is 0.573. The summed E-state index contributed by atoms with van der Waals surface area (Å²) >= 11 is 0. The molecule has 0 radical (unpaired) electrons. The molecule has 3 nitrogen and oxygen atoms in total. The average Bonchev–Trinajstić information content (AvgIpc) is 1.86. The molecule has 1 rings (SSSR count). The van der Waals surface area contributed by atoms with E-state index in [1.807, 2.05) is 0 Å². The predicted molar refractivity (Wildman–Crippen MR) is 41.8 cm³/mol. The molecule has 1 aliphatic carbocycles. The third-order valence-corrected chi connectivity index (χ3v) is 2.81. The maximum Gasteiger partial charge on any atom is 0.246 e. The van der Waals surface area contributed by atoms with E-state index in [9.17, 15) is 13.2 Å². The van der Waals surface area contributed by atoms with E-state index in [0.717, 1.165) is 0 Å². The predicted octanol–water partition coefficient (Wildman–Crippen LogP) is 0.619. The van der Waals surface area contributed by atoms with Crippen molar-refractivity contribution in [2.45, 2.75) is 5.25 Å². The summed E-state index contributed by atoms with van der Waals surface area (Å²) in [4.78, 5) is 10.8. The van der Waals surface area contributed by atoms with Crippen molar-refractivity contribution in [2.75, 3.05) is 0 Å². The zero-order valence-corrected chi connectivity index (χ0v) is 6.97. The van der Waals surface area contributed by atoms with Gasteiger partial charge in [0.2, 0.25) is 9.05 Å². The van der Waals surface area contributed by atoms with E-state index < -0.39 is 20.1 Å². The Hall–Kier alpha value is -0.610. The lowest BCUT2D eigenvalue weighted by molar-refractivity contribution is -0.113. The molecule has 0 N–H and O–H groups in total. The van der Waals surface area contributed by atoms with Crippen molar-refractivity contribution < 1.29 is 13.2 Å². The highest BCUT2D eigenvalue weighted by atomic mass is 35.7. The van der Waals surface area contributed by atoms with E-state index in [4.69, 9.17) is 10.7 Å². The van der Waals surface area contributed by atoms with Crippen molar-refractivity contribution in [3.8, 4) is 0 Å². The molecule has 0 saturated heterocycles. The Kier molecular flexibility index (Phi) is 2.15. The summed E-state index contributed by atoms with van der Waals surface area (Å²) in [5.74, 6) is -0.498. The van der Waals surface area contributed by atoms with E-state index >= 15 is 0 Å². The molecule has 0 aromatic rings. The monoisotopic (exact) mass is 192 g/mol. The standard InChI is InChI=1S/C6H5ClO3S/c7-11(9,10)6-4-2-1-3-5(6)8/h1-4,6H. The number of halogens is 1. The topological polar surface area (TPSA) is 51.2 Å². The Morgan fingerprint density at radius 3 is 2.36 bits per heavy atom. The first-order chi connectivity index (χ1) is 5.02. The van der Waals surface area contributed by atoms with Crippen molar-refractivity contribution >= 4 is 25.5 Å². The number of carbonyl (C=O) groups is 1. The molecule has 1 unspecified atom stereocenters. The molecule has 0 saturated carbocycles. The van der Waals surface area contributed by atoms with Crippen LogP contribution in [0.15, 0.2) is 24.3 Å². The Morgan fingerprint density at radius 1 is 1.36 bits per heavy atom. The molecule has 5 heteroatoms.